The van der Waals surface area contributed by atoms with Crippen LogP contribution in [0.5, 0.6) is 0 Å². The van der Waals surface area contributed by atoms with Crippen molar-refractivity contribution in [3.63, 3.8) is 0 Å². The van der Waals surface area contributed by atoms with Crippen LogP contribution < -0.4 is 0 Å². The van der Waals surface area contributed by atoms with Gasteiger partial charge >= 0.3 is 0 Å². The van der Waals surface area contributed by atoms with E-state index in [1.165, 1.54) is 0 Å². The molecule has 34 valence electrons. The van der Waals surface area contributed by atoms with Gasteiger partial charge < -0.3 is 5.41 Å². The molecule has 1 N–H and O–H groups in total. The summed E-state index contributed by atoms with van der Waals surface area (Å²) in [6.07, 6.45) is 3.60. The van der Waals surface area contributed by atoms with Crippen LogP contribution in [0.15, 0.2) is 12.2 Å². The summed E-state index contributed by atoms with van der Waals surface area (Å²) in [5.74, 6) is 0. The molecule has 0 rings (SSSR count). The molecule has 0 amide bonds. The predicted molar refractivity (Wildman–Crippen MR) is 28.2 cm³/mol. The van der Waals surface area contributed by atoms with E-state index in [1.807, 2.05) is 13.0 Å². The zero-order chi connectivity index (χ0) is 4.99. The van der Waals surface area contributed by atoms with Crippen molar-refractivity contribution in [2.24, 2.45) is 0 Å². The van der Waals surface area contributed by atoms with E-state index in [4.69, 9.17) is 5.41 Å². The Labute approximate surface area is 38.2 Å². The molecule has 1 nitrogen and oxygen atoms in total. The first-order valence-corrected chi connectivity index (χ1v) is 1.95. The molecule has 0 spiro atoms. The second-order valence-electron chi connectivity index (χ2n) is 1.18. The average Bonchev–Trinajstić information content (AvgIpc) is 1.35. The van der Waals surface area contributed by atoms with Crippen LogP contribution in [0.3, 0.4) is 0 Å². The Balaban J connectivity index is 3.30. The second-order valence-corrected chi connectivity index (χ2v) is 1.18. The summed E-state index contributed by atoms with van der Waals surface area (Å²) in [6.45, 7) is 3.65. The highest BCUT2D eigenvalue weighted by Gasteiger charge is 1.66. The highest BCUT2D eigenvalue weighted by Crippen LogP contribution is 1.70. The molecular weight excluding hydrogens is 74.1 g/mol. The van der Waals surface area contributed by atoms with Gasteiger partial charge in [0, 0.05) is 5.71 Å². The lowest BCUT2D eigenvalue weighted by Gasteiger charge is -1.73. The fourth-order valence-electron chi connectivity index (χ4n) is 0.250. The molecule has 6 heavy (non-hydrogen) atoms. The zero-order valence-corrected chi connectivity index (χ0v) is 4.15. The fraction of sp³-hybridized carbons (Fsp3) is 0.400. The molecule has 0 radical (unpaired) electrons. The van der Waals surface area contributed by atoms with Crippen LogP contribution in [0, 0.1) is 5.41 Å². The Bertz CT molecular complexity index is 72.0. The third-order valence-electron chi connectivity index (χ3n) is 0.417. The van der Waals surface area contributed by atoms with Gasteiger partial charge in [-0.2, -0.15) is 0 Å². The van der Waals surface area contributed by atoms with Crippen molar-refractivity contribution in [3.05, 3.63) is 12.2 Å². The van der Waals surface area contributed by atoms with E-state index in [-0.39, 0.29) is 0 Å². The molecule has 0 aromatic heterocycles. The van der Waals surface area contributed by atoms with Crippen molar-refractivity contribution in [1.29, 1.82) is 5.41 Å². The van der Waals surface area contributed by atoms with E-state index in [0.29, 0.717) is 5.71 Å². The smallest absolute Gasteiger partial charge is 0.0279 e. The summed E-state index contributed by atoms with van der Waals surface area (Å²) in [4.78, 5) is 0. The van der Waals surface area contributed by atoms with Crippen LogP contribution in [0.2, 0.25) is 0 Å². The minimum Gasteiger partial charge on any atom is -0.306 e. The summed E-state index contributed by atoms with van der Waals surface area (Å²) in [6, 6.07) is 0. The molecule has 0 unspecified atom stereocenters. The van der Waals surface area contributed by atoms with E-state index in [1.54, 1.807) is 13.0 Å². The van der Waals surface area contributed by atoms with Gasteiger partial charge in [0.15, 0.2) is 0 Å². The number of allylic oxidation sites excluding steroid dienone is 2. The molecule has 0 heterocycles. The van der Waals surface area contributed by atoms with Gasteiger partial charge in [0.25, 0.3) is 0 Å². The summed E-state index contributed by atoms with van der Waals surface area (Å²) in [5.41, 5.74) is 0.609. The molecule has 0 aromatic carbocycles. The maximum absolute atomic E-state index is 6.81. The lowest BCUT2D eigenvalue weighted by atomic mass is 10.4. The monoisotopic (exact) mass is 83.1 g/mol. The van der Waals surface area contributed by atoms with Crippen molar-refractivity contribution in [2.75, 3.05) is 0 Å². The first-order valence-electron chi connectivity index (χ1n) is 1.95. The molecule has 0 saturated carbocycles. The minimum absolute atomic E-state index is 0.609. The van der Waals surface area contributed by atoms with Crippen molar-refractivity contribution >= 4 is 5.71 Å². The maximum atomic E-state index is 6.81. The van der Waals surface area contributed by atoms with Gasteiger partial charge in [-0.25, -0.2) is 0 Å². The van der Waals surface area contributed by atoms with Crippen LogP contribution >= 0.6 is 0 Å². The predicted octanol–water partition coefficient (Wildman–Crippen LogP) is 1.60. The van der Waals surface area contributed by atoms with Gasteiger partial charge in [0.05, 0.1) is 0 Å². The lowest BCUT2D eigenvalue weighted by Crippen LogP contribution is -1.74. The van der Waals surface area contributed by atoms with E-state index < -0.39 is 0 Å². The van der Waals surface area contributed by atoms with E-state index >= 15 is 0 Å². The Morgan fingerprint density at radius 2 is 2.17 bits per heavy atom. The third-order valence-corrected chi connectivity index (χ3v) is 0.417. The molecular formula is C5H9N. The average molecular weight is 83.1 g/mol. The number of nitrogens with one attached hydrogen (secondary N) is 1. The van der Waals surface area contributed by atoms with Crippen molar-refractivity contribution < 1.29 is 0 Å². The molecule has 0 atom stereocenters. The van der Waals surface area contributed by atoms with Gasteiger partial charge in [-0.05, 0) is 19.9 Å². The van der Waals surface area contributed by atoms with E-state index in [2.05, 4.69) is 0 Å². The third kappa shape index (κ3) is 3.41. The molecule has 0 aliphatic rings. The quantitative estimate of drug-likeness (QED) is 0.465. The van der Waals surface area contributed by atoms with Crippen LogP contribution in [0.25, 0.3) is 0 Å². The van der Waals surface area contributed by atoms with Crippen LogP contribution in [0.1, 0.15) is 13.8 Å². The molecule has 0 fully saturated rings. The van der Waals surface area contributed by atoms with Crippen LogP contribution in [0.4, 0.5) is 0 Å². The molecule has 0 bridgehead atoms. The van der Waals surface area contributed by atoms with E-state index in [0.717, 1.165) is 0 Å². The summed E-state index contributed by atoms with van der Waals surface area (Å²) >= 11 is 0. The summed E-state index contributed by atoms with van der Waals surface area (Å²) < 4.78 is 0. The van der Waals surface area contributed by atoms with Crippen molar-refractivity contribution in [1.82, 2.24) is 0 Å². The Kier molecular flexibility index (Phi) is 2.38. The van der Waals surface area contributed by atoms with Crippen LogP contribution in [-0.4, -0.2) is 5.71 Å². The Morgan fingerprint density at radius 1 is 1.67 bits per heavy atom. The molecule has 0 aliphatic heterocycles. The summed E-state index contributed by atoms with van der Waals surface area (Å²) in [7, 11) is 0. The molecule has 0 aromatic rings. The Hall–Kier alpha value is -0.590. The first-order chi connectivity index (χ1) is 2.77. The highest BCUT2D eigenvalue weighted by atomic mass is 14.4. The van der Waals surface area contributed by atoms with Gasteiger partial charge in [0.2, 0.25) is 0 Å². The van der Waals surface area contributed by atoms with Crippen molar-refractivity contribution in [2.45, 2.75) is 13.8 Å². The summed E-state index contributed by atoms with van der Waals surface area (Å²) in [5, 5.41) is 6.81. The van der Waals surface area contributed by atoms with Gasteiger partial charge in [-0.1, -0.05) is 6.08 Å². The van der Waals surface area contributed by atoms with Crippen LogP contribution in [-0.2, 0) is 0 Å². The SMILES string of the molecule is C/C=C\C(C)=N. The van der Waals surface area contributed by atoms with Crippen molar-refractivity contribution in [3.8, 4) is 0 Å². The topological polar surface area (TPSA) is 23.9 Å². The second kappa shape index (κ2) is 2.64. The maximum Gasteiger partial charge on any atom is 0.0279 e. The van der Waals surface area contributed by atoms with Gasteiger partial charge in [-0.3, -0.25) is 0 Å². The number of hydrogen-bond donors (Lipinski definition) is 1. The van der Waals surface area contributed by atoms with Gasteiger partial charge in [-0.15, -0.1) is 0 Å². The molecule has 1 heteroatoms. The number of rotatable bonds is 1. The largest absolute Gasteiger partial charge is 0.306 e. The normalized spacial score (nSPS) is 9.67. The molecule has 0 saturated heterocycles. The fourth-order valence-corrected chi connectivity index (χ4v) is 0.250. The first kappa shape index (κ1) is 5.41. The highest BCUT2D eigenvalue weighted by molar-refractivity contribution is 5.89. The van der Waals surface area contributed by atoms with Gasteiger partial charge in [0.1, 0.15) is 0 Å². The minimum atomic E-state index is 0.609. The molecule has 0 aliphatic carbocycles. The lowest BCUT2D eigenvalue weighted by molar-refractivity contribution is 1.49. The van der Waals surface area contributed by atoms with E-state index in [9.17, 15) is 0 Å². The number of hydrogen-bond acceptors (Lipinski definition) is 1. The standard InChI is InChI=1S/C5H9N/c1-3-4-5(2)6/h3-4,6H,1-2H3/b4-3-,6-5?. The zero-order valence-electron chi connectivity index (χ0n) is 4.15. The Morgan fingerprint density at radius 3 is 2.17 bits per heavy atom.